The summed E-state index contributed by atoms with van der Waals surface area (Å²) in [5.41, 5.74) is 0. The third-order valence-corrected chi connectivity index (χ3v) is 16.4. The lowest BCUT2D eigenvalue weighted by molar-refractivity contribution is -0.870. The molecule has 0 aliphatic heterocycles. The lowest BCUT2D eigenvalue weighted by Crippen LogP contribution is -2.44. The summed E-state index contributed by atoms with van der Waals surface area (Å²) in [6.07, 6.45) is 103. The minimum atomic E-state index is -1.63. The molecule has 0 N–H and O–H groups in total. The molecule has 9 heteroatoms. The summed E-state index contributed by atoms with van der Waals surface area (Å²) in [5.74, 6) is -2.28. The van der Waals surface area contributed by atoms with Crippen LogP contribution in [0.3, 0.4) is 0 Å². The van der Waals surface area contributed by atoms with Crippen LogP contribution < -0.4 is 5.11 Å². The highest BCUT2D eigenvalue weighted by Crippen LogP contribution is 2.18. The molecule has 0 saturated carbocycles. The maximum absolute atomic E-state index is 13.0. The van der Waals surface area contributed by atoms with Gasteiger partial charge in [-0.1, -0.05) is 334 Å². The van der Waals surface area contributed by atoms with Gasteiger partial charge in [0.2, 0.25) is 0 Å². The van der Waals surface area contributed by atoms with Crippen LogP contribution in [0.2, 0.25) is 0 Å². The smallest absolute Gasteiger partial charge is 0.306 e. The number of esters is 2. The van der Waals surface area contributed by atoms with E-state index in [0.717, 1.165) is 116 Å². The van der Waals surface area contributed by atoms with Gasteiger partial charge in [-0.2, -0.15) is 0 Å². The van der Waals surface area contributed by atoms with Gasteiger partial charge in [0.1, 0.15) is 13.2 Å². The maximum atomic E-state index is 13.0. The molecule has 2 atom stereocenters. The number of nitrogens with zero attached hydrogens (tertiary/aromatic N) is 1. The largest absolute Gasteiger partial charge is 0.545 e. The first-order valence-electron chi connectivity index (χ1n) is 38.3. The molecule has 0 heterocycles. The summed E-state index contributed by atoms with van der Waals surface area (Å²) in [4.78, 5) is 37.6. The van der Waals surface area contributed by atoms with Crippen LogP contribution in [-0.2, 0) is 33.3 Å². The zero-order valence-electron chi connectivity index (χ0n) is 60.8. The van der Waals surface area contributed by atoms with Gasteiger partial charge < -0.3 is 33.3 Å². The summed E-state index contributed by atoms with van der Waals surface area (Å²) >= 11 is 0. The predicted molar refractivity (Wildman–Crippen MR) is 398 cm³/mol. The Morgan fingerprint density at radius 1 is 0.323 bits per heavy atom. The standard InChI is InChI=1S/C84H143NO8/c1-6-8-10-12-14-16-18-20-22-24-26-28-30-32-34-36-38-39-40-41-42-43-45-46-48-50-52-54-56-58-60-62-64-66-68-70-72-74-81(86)91-78-80(79-92-84(83(88)89)90-77-76-85(3,4)5)93-82(87)75-73-71-69-67-65-63-61-59-57-55-53-51-49-47-44-37-35-33-31-29-27-25-23-21-19-17-15-13-11-9-7-2/h8-11,14-17,20-23,26-29,33,35,44,47,51,53,80,84H,6-7,12-13,18-19,24-25,30-32,34,36-43,45-46,48-50,52,54-79H2,1-5H3/b10-8-,11-9-,16-14-,17-15-,22-20-,23-21-,28-26-,29-27-,35-33-,47-44-,53-51-. The molecule has 0 bridgehead atoms. The van der Waals surface area contributed by atoms with E-state index < -0.39 is 24.3 Å². The summed E-state index contributed by atoms with van der Waals surface area (Å²) in [7, 11) is 5.93. The Balaban J connectivity index is 4.06. The number of carboxylic acid groups (broad SMARTS) is 1. The van der Waals surface area contributed by atoms with E-state index in [2.05, 4.69) is 148 Å². The SMILES string of the molecule is CC/C=C\C/C=C\C/C=C\C/C=C\C/C=C\C/C=C\C/C=C\CCCCCCCCCCCC(=O)OC(COC(=O)CCCCCCCCCCCCCCCCCCCCCCCCCC/C=C\C/C=C\C/C=C\C/C=C\CC)COC(OCC[N+](C)(C)C)C(=O)[O-]. The molecule has 0 saturated heterocycles. The number of hydrogen-bond donors (Lipinski definition) is 0. The molecule has 0 aromatic carbocycles. The Labute approximate surface area is 573 Å². The Kier molecular flexibility index (Phi) is 69.6. The van der Waals surface area contributed by atoms with Crippen LogP contribution >= 0.6 is 0 Å². The normalized spacial score (nSPS) is 13.4. The van der Waals surface area contributed by atoms with Crippen molar-refractivity contribution in [2.24, 2.45) is 0 Å². The van der Waals surface area contributed by atoms with Gasteiger partial charge in [-0.3, -0.25) is 9.59 Å². The molecule has 0 fully saturated rings. The van der Waals surface area contributed by atoms with Crippen LogP contribution in [0, 0.1) is 0 Å². The molecular formula is C84H143NO8. The molecule has 0 rings (SSSR count). The van der Waals surface area contributed by atoms with Crippen LogP contribution in [0.4, 0.5) is 0 Å². The minimum Gasteiger partial charge on any atom is -0.545 e. The van der Waals surface area contributed by atoms with Crippen molar-refractivity contribution in [3.05, 3.63) is 134 Å². The average Bonchev–Trinajstić information content (AvgIpc) is 3.38. The highest BCUT2D eigenvalue weighted by molar-refractivity contribution is 5.70. The first-order valence-corrected chi connectivity index (χ1v) is 38.3. The van der Waals surface area contributed by atoms with E-state index in [9.17, 15) is 19.5 Å². The fourth-order valence-electron chi connectivity index (χ4n) is 10.6. The molecule has 9 nitrogen and oxygen atoms in total. The Morgan fingerprint density at radius 2 is 0.581 bits per heavy atom. The lowest BCUT2D eigenvalue weighted by Gasteiger charge is -2.26. The number of allylic oxidation sites excluding steroid dienone is 22. The second-order valence-electron chi connectivity index (χ2n) is 26.5. The number of likely N-dealkylation sites (N-methyl/N-ethyl adjacent to an activating group) is 1. The summed E-state index contributed by atoms with van der Waals surface area (Å²) in [6.45, 7) is 4.54. The van der Waals surface area contributed by atoms with Crippen LogP contribution in [0.15, 0.2) is 134 Å². The number of aliphatic carboxylic acids is 1. The summed E-state index contributed by atoms with van der Waals surface area (Å²) < 4.78 is 22.8. The van der Waals surface area contributed by atoms with E-state index >= 15 is 0 Å². The van der Waals surface area contributed by atoms with E-state index in [1.807, 2.05) is 21.1 Å². The fourth-order valence-corrected chi connectivity index (χ4v) is 10.6. The molecule has 0 aliphatic rings. The zero-order chi connectivity index (χ0) is 67.5. The van der Waals surface area contributed by atoms with Crippen LogP contribution in [-0.4, -0.2) is 82.3 Å². The first-order chi connectivity index (χ1) is 45.6. The average molecular weight is 1300 g/mol. The van der Waals surface area contributed by atoms with Gasteiger partial charge in [0.05, 0.1) is 40.3 Å². The van der Waals surface area contributed by atoms with Crippen LogP contribution in [0.1, 0.15) is 322 Å². The van der Waals surface area contributed by atoms with Gasteiger partial charge in [0.15, 0.2) is 12.4 Å². The summed E-state index contributed by atoms with van der Waals surface area (Å²) in [5, 5.41) is 11.9. The molecule has 0 aromatic rings. The van der Waals surface area contributed by atoms with Crippen molar-refractivity contribution in [1.29, 1.82) is 0 Å². The quantitative estimate of drug-likeness (QED) is 0.0195. The molecule has 0 amide bonds. The number of unbranched alkanes of at least 4 members (excludes halogenated alkanes) is 33. The molecular weight excluding hydrogens is 1150 g/mol. The van der Waals surface area contributed by atoms with Crippen molar-refractivity contribution in [3.63, 3.8) is 0 Å². The van der Waals surface area contributed by atoms with Gasteiger partial charge in [-0.05, 0) is 109 Å². The molecule has 0 aliphatic carbocycles. The lowest BCUT2D eigenvalue weighted by atomic mass is 10.0. The van der Waals surface area contributed by atoms with E-state index in [1.54, 1.807) is 0 Å². The van der Waals surface area contributed by atoms with Crippen molar-refractivity contribution in [2.45, 2.75) is 334 Å². The van der Waals surface area contributed by atoms with Crippen molar-refractivity contribution < 1.29 is 42.9 Å². The van der Waals surface area contributed by atoms with E-state index in [4.69, 9.17) is 18.9 Å². The van der Waals surface area contributed by atoms with E-state index in [-0.39, 0.29) is 38.6 Å². The van der Waals surface area contributed by atoms with E-state index in [0.29, 0.717) is 17.4 Å². The number of carbonyl (C=O) groups is 3. The monoisotopic (exact) mass is 1290 g/mol. The Morgan fingerprint density at radius 3 is 0.860 bits per heavy atom. The number of carbonyl (C=O) groups excluding carboxylic acids is 3. The predicted octanol–water partition coefficient (Wildman–Crippen LogP) is 23.1. The van der Waals surface area contributed by atoms with Gasteiger partial charge in [0, 0.05) is 12.8 Å². The summed E-state index contributed by atoms with van der Waals surface area (Å²) in [6, 6.07) is 0. The number of hydrogen-bond acceptors (Lipinski definition) is 8. The van der Waals surface area contributed by atoms with Crippen LogP contribution in [0.5, 0.6) is 0 Å². The molecule has 0 radical (unpaired) electrons. The third kappa shape index (κ3) is 74.7. The second kappa shape index (κ2) is 73.2. The van der Waals surface area contributed by atoms with Crippen molar-refractivity contribution >= 4 is 17.9 Å². The highest BCUT2D eigenvalue weighted by Gasteiger charge is 2.22. The van der Waals surface area contributed by atoms with Crippen molar-refractivity contribution in [3.8, 4) is 0 Å². The molecule has 0 aromatic heterocycles. The van der Waals surface area contributed by atoms with Gasteiger partial charge in [-0.15, -0.1) is 0 Å². The molecule has 2 unspecified atom stereocenters. The third-order valence-electron chi connectivity index (χ3n) is 16.4. The van der Waals surface area contributed by atoms with Gasteiger partial charge >= 0.3 is 11.9 Å². The molecule has 0 spiro atoms. The van der Waals surface area contributed by atoms with Crippen LogP contribution in [0.25, 0.3) is 0 Å². The van der Waals surface area contributed by atoms with Gasteiger partial charge in [-0.25, -0.2) is 0 Å². The highest BCUT2D eigenvalue weighted by atomic mass is 16.7. The topological polar surface area (TPSA) is 111 Å². The maximum Gasteiger partial charge on any atom is 0.306 e. The fraction of sp³-hybridized carbons (Fsp3) is 0.702. The van der Waals surface area contributed by atoms with E-state index in [1.165, 1.54) is 173 Å². The van der Waals surface area contributed by atoms with Crippen molar-refractivity contribution in [1.82, 2.24) is 0 Å². The first kappa shape index (κ1) is 88.4. The Hall–Kier alpha value is -4.57. The number of carboxylic acids is 1. The number of rotatable bonds is 70. The second-order valence-corrected chi connectivity index (χ2v) is 26.5. The number of ether oxygens (including phenoxy) is 4. The molecule has 532 valence electrons. The Bertz CT molecular complexity index is 2000. The van der Waals surface area contributed by atoms with Crippen molar-refractivity contribution in [2.75, 3.05) is 47.5 Å². The number of quaternary nitrogens is 1. The minimum absolute atomic E-state index is 0.142. The van der Waals surface area contributed by atoms with Gasteiger partial charge in [0.25, 0.3) is 0 Å². The zero-order valence-corrected chi connectivity index (χ0v) is 60.8. The molecule has 93 heavy (non-hydrogen) atoms.